The number of H-pyrrole nitrogens is 2. The molecule has 3 aromatic rings. The van der Waals surface area contributed by atoms with Crippen molar-refractivity contribution < 1.29 is 14.7 Å². The minimum atomic E-state index is -0.492. The first-order valence-electron chi connectivity index (χ1n) is 8.79. The zero-order valence-corrected chi connectivity index (χ0v) is 15.0. The van der Waals surface area contributed by atoms with Crippen LogP contribution in [0.4, 0.5) is 5.69 Å². The molecule has 1 aliphatic rings. The molecule has 140 valence electrons. The van der Waals surface area contributed by atoms with Gasteiger partial charge in [0.15, 0.2) is 0 Å². The van der Waals surface area contributed by atoms with E-state index in [9.17, 15) is 19.5 Å². The van der Waals surface area contributed by atoms with Crippen LogP contribution in [0.25, 0.3) is 11.6 Å². The van der Waals surface area contributed by atoms with E-state index in [2.05, 4.69) is 10.2 Å². The first-order chi connectivity index (χ1) is 13.5. The van der Waals surface area contributed by atoms with E-state index in [1.54, 1.807) is 42.5 Å². The molecule has 0 spiro atoms. The Morgan fingerprint density at radius 1 is 1.00 bits per heavy atom. The number of hydrogen-bond donors (Lipinski definition) is 3. The highest BCUT2D eigenvalue weighted by Gasteiger charge is 2.35. The molecule has 0 bridgehead atoms. The van der Waals surface area contributed by atoms with Gasteiger partial charge in [-0.2, -0.15) is 0 Å². The number of carbonyl (C=O) groups excluding carboxylic acids is 2. The maximum absolute atomic E-state index is 13.1. The van der Waals surface area contributed by atoms with Crippen molar-refractivity contribution in [3.05, 3.63) is 80.6 Å². The normalized spacial score (nSPS) is 16.5. The molecule has 0 aliphatic carbocycles. The standard InChI is InChI=1S/C21H17N3O4/c1-2-24-15-9-5-4-8-13(15)19(26)17(21(24)28)18-14(20(27)23-22-18)11-12-7-3-6-10-16(12)25/h3-11,22,25H,2H2,1H3,(H,23,27)/b14-11+,18-17+. The Kier molecular flexibility index (Phi) is 4.19. The Hall–Kier alpha value is -3.87. The van der Waals surface area contributed by atoms with Crippen molar-refractivity contribution in [2.45, 2.75) is 6.92 Å². The number of Topliss-reactive ketones (excluding diaryl/α,β-unsaturated/α-hetero) is 1. The molecule has 1 amide bonds. The number of rotatable bonds is 2. The number of para-hydroxylation sites is 2. The Bertz CT molecular complexity index is 1280. The van der Waals surface area contributed by atoms with Gasteiger partial charge in [0.05, 0.1) is 16.3 Å². The molecule has 0 saturated carbocycles. The van der Waals surface area contributed by atoms with Crippen LogP contribution in [0.2, 0.25) is 0 Å². The van der Waals surface area contributed by atoms with Crippen molar-refractivity contribution >= 4 is 29.0 Å². The third-order valence-corrected chi connectivity index (χ3v) is 4.74. The monoisotopic (exact) mass is 375 g/mol. The van der Waals surface area contributed by atoms with Gasteiger partial charge >= 0.3 is 0 Å². The van der Waals surface area contributed by atoms with Gasteiger partial charge in [0.2, 0.25) is 5.78 Å². The summed E-state index contributed by atoms with van der Waals surface area (Å²) in [7, 11) is 0. The number of nitrogens with zero attached hydrogens (tertiary/aromatic N) is 1. The van der Waals surface area contributed by atoms with Crippen LogP contribution >= 0.6 is 0 Å². The molecule has 7 nitrogen and oxygen atoms in total. The molecule has 0 radical (unpaired) electrons. The summed E-state index contributed by atoms with van der Waals surface area (Å²) in [6.07, 6.45) is 1.45. The minimum Gasteiger partial charge on any atom is -0.507 e. The number of aromatic hydroxyl groups is 1. The van der Waals surface area contributed by atoms with Gasteiger partial charge in [-0.25, -0.2) is 0 Å². The fraction of sp³-hybridized carbons (Fsp3) is 0.0952. The molecule has 0 fully saturated rings. The lowest BCUT2D eigenvalue weighted by atomic mass is 9.94. The number of aromatic nitrogens is 2. The van der Waals surface area contributed by atoms with E-state index in [1.165, 1.54) is 17.0 Å². The Morgan fingerprint density at radius 2 is 1.71 bits per heavy atom. The SMILES string of the molecule is CCN1C(=O)/C(=c2/[nH][nH]c(=O)/c2=C/c2ccccc2O)C(=O)c2ccccc21. The lowest BCUT2D eigenvalue weighted by Gasteiger charge is -2.28. The molecular weight excluding hydrogens is 358 g/mol. The molecule has 0 unspecified atom stereocenters. The zero-order chi connectivity index (χ0) is 19.8. The number of ketones is 1. The molecule has 2 heterocycles. The summed E-state index contributed by atoms with van der Waals surface area (Å²) in [6.45, 7) is 2.19. The molecule has 1 aromatic heterocycles. The van der Waals surface area contributed by atoms with Crippen LogP contribution in [0.1, 0.15) is 22.8 Å². The van der Waals surface area contributed by atoms with Gasteiger partial charge in [-0.1, -0.05) is 30.3 Å². The molecule has 0 atom stereocenters. The smallest absolute Gasteiger partial charge is 0.271 e. The summed E-state index contributed by atoms with van der Waals surface area (Å²) < 4.78 is 0. The Balaban J connectivity index is 2.07. The van der Waals surface area contributed by atoms with Gasteiger partial charge in [-0.05, 0) is 31.2 Å². The minimum absolute atomic E-state index is 0.0131. The summed E-state index contributed by atoms with van der Waals surface area (Å²) in [5.74, 6) is -0.943. The number of anilines is 1. The Morgan fingerprint density at radius 3 is 2.46 bits per heavy atom. The highest BCUT2D eigenvalue weighted by molar-refractivity contribution is 6.51. The number of amides is 1. The average molecular weight is 375 g/mol. The molecule has 3 N–H and O–H groups in total. The first kappa shape index (κ1) is 17.5. The van der Waals surface area contributed by atoms with Gasteiger partial charge in [0.25, 0.3) is 11.5 Å². The van der Waals surface area contributed by atoms with Gasteiger partial charge in [0.1, 0.15) is 11.3 Å². The lowest BCUT2D eigenvalue weighted by Crippen LogP contribution is -2.45. The third-order valence-electron chi connectivity index (χ3n) is 4.74. The maximum Gasteiger partial charge on any atom is 0.271 e. The number of phenolic OH excluding ortho intramolecular Hbond substituents is 1. The topological polar surface area (TPSA) is 106 Å². The fourth-order valence-electron chi connectivity index (χ4n) is 3.38. The Labute approximate surface area is 159 Å². The van der Waals surface area contributed by atoms with Crippen LogP contribution in [0, 0.1) is 0 Å². The molecule has 28 heavy (non-hydrogen) atoms. The van der Waals surface area contributed by atoms with Crippen LogP contribution in [0.15, 0.2) is 53.3 Å². The number of benzene rings is 2. The first-order valence-corrected chi connectivity index (χ1v) is 8.79. The second-order valence-electron chi connectivity index (χ2n) is 6.34. The van der Waals surface area contributed by atoms with Gasteiger partial charge in [-0.3, -0.25) is 24.6 Å². The van der Waals surface area contributed by atoms with Crippen molar-refractivity contribution in [2.75, 3.05) is 11.4 Å². The van der Waals surface area contributed by atoms with Crippen LogP contribution in [0.3, 0.4) is 0 Å². The molecule has 1 aliphatic heterocycles. The molecule has 4 rings (SSSR count). The average Bonchev–Trinajstić information content (AvgIpc) is 3.04. The predicted octanol–water partition coefficient (Wildman–Crippen LogP) is 0.637. The van der Waals surface area contributed by atoms with Gasteiger partial charge in [0, 0.05) is 17.7 Å². The molecular formula is C21H17N3O4. The summed E-state index contributed by atoms with van der Waals surface area (Å²) in [5, 5.41) is 15.3. The third kappa shape index (κ3) is 2.64. The van der Waals surface area contributed by atoms with Crippen molar-refractivity contribution in [3.63, 3.8) is 0 Å². The molecule has 2 aromatic carbocycles. The maximum atomic E-state index is 13.1. The second kappa shape index (κ2) is 6.70. The van der Waals surface area contributed by atoms with Gasteiger partial charge < -0.3 is 10.0 Å². The highest BCUT2D eigenvalue weighted by Crippen LogP contribution is 2.29. The second-order valence-corrected chi connectivity index (χ2v) is 6.34. The van der Waals surface area contributed by atoms with E-state index in [0.29, 0.717) is 23.4 Å². The largest absolute Gasteiger partial charge is 0.507 e. The van der Waals surface area contributed by atoms with Crippen LogP contribution in [-0.4, -0.2) is 33.5 Å². The van der Waals surface area contributed by atoms with Crippen LogP contribution < -0.4 is 21.0 Å². The molecule has 7 heteroatoms. The number of phenols is 1. The van der Waals surface area contributed by atoms with Crippen LogP contribution in [0.5, 0.6) is 5.75 Å². The summed E-state index contributed by atoms with van der Waals surface area (Å²) in [5.41, 5.74) is 0.745. The van der Waals surface area contributed by atoms with E-state index < -0.39 is 17.2 Å². The lowest BCUT2D eigenvalue weighted by molar-refractivity contribution is -0.113. The summed E-state index contributed by atoms with van der Waals surface area (Å²) in [4.78, 5) is 40.0. The zero-order valence-electron chi connectivity index (χ0n) is 15.0. The van der Waals surface area contributed by atoms with E-state index in [1.807, 2.05) is 6.92 Å². The number of carbonyl (C=O) groups is 2. The molecule has 0 saturated heterocycles. The highest BCUT2D eigenvalue weighted by atomic mass is 16.3. The van der Waals surface area contributed by atoms with E-state index in [4.69, 9.17) is 0 Å². The van der Waals surface area contributed by atoms with E-state index >= 15 is 0 Å². The number of hydrogen-bond acceptors (Lipinski definition) is 4. The van der Waals surface area contributed by atoms with Crippen LogP contribution in [-0.2, 0) is 4.79 Å². The van der Waals surface area contributed by atoms with Crippen molar-refractivity contribution in [2.24, 2.45) is 0 Å². The van der Waals surface area contributed by atoms with Crippen molar-refractivity contribution in [3.8, 4) is 5.75 Å². The fourth-order valence-corrected chi connectivity index (χ4v) is 3.38. The van der Waals surface area contributed by atoms with E-state index in [-0.39, 0.29) is 21.9 Å². The number of aromatic amines is 2. The summed E-state index contributed by atoms with van der Waals surface area (Å²) in [6, 6.07) is 13.4. The quantitative estimate of drug-likeness (QED) is 0.611. The van der Waals surface area contributed by atoms with Gasteiger partial charge in [-0.15, -0.1) is 0 Å². The number of fused-ring (bicyclic) bond motifs is 1. The predicted molar refractivity (Wildman–Crippen MR) is 105 cm³/mol. The number of nitrogens with one attached hydrogen (secondary N) is 2. The summed E-state index contributed by atoms with van der Waals surface area (Å²) >= 11 is 0. The van der Waals surface area contributed by atoms with Crippen molar-refractivity contribution in [1.82, 2.24) is 10.2 Å². The van der Waals surface area contributed by atoms with E-state index in [0.717, 1.165) is 0 Å². The van der Waals surface area contributed by atoms with Crippen molar-refractivity contribution in [1.29, 1.82) is 0 Å².